The lowest BCUT2D eigenvalue weighted by atomic mass is 9.94. The number of nitrogens with one attached hydrogen (secondary N) is 1. The molecule has 3 aromatic carbocycles. The molecule has 2 heterocycles. The molecule has 1 aliphatic rings. The summed E-state index contributed by atoms with van der Waals surface area (Å²) in [6, 6.07) is 16.1. The molecule has 4 aromatic rings. The van der Waals surface area contributed by atoms with Crippen LogP contribution in [0.15, 0.2) is 83.0 Å². The van der Waals surface area contributed by atoms with Crippen molar-refractivity contribution in [1.82, 2.24) is 15.5 Å². The first-order valence-electron chi connectivity index (χ1n) is 10.3. The van der Waals surface area contributed by atoms with Crippen molar-refractivity contribution in [2.75, 3.05) is 4.90 Å². The number of allylic oxidation sites excluding steroid dienone is 1. The van der Waals surface area contributed by atoms with Crippen molar-refractivity contribution in [2.24, 2.45) is 0 Å². The quantitative estimate of drug-likeness (QED) is 0.413. The van der Waals surface area contributed by atoms with E-state index in [-0.39, 0.29) is 11.6 Å². The van der Waals surface area contributed by atoms with Crippen molar-refractivity contribution in [3.8, 4) is 11.4 Å². The van der Waals surface area contributed by atoms with Gasteiger partial charge in [-0.25, -0.2) is 18.0 Å². The molecule has 34 heavy (non-hydrogen) atoms. The maximum absolute atomic E-state index is 14.0. The van der Waals surface area contributed by atoms with E-state index in [1.807, 2.05) is 30.3 Å². The lowest BCUT2D eigenvalue weighted by Crippen LogP contribution is -2.46. The Morgan fingerprint density at radius 2 is 1.65 bits per heavy atom. The topological polar surface area (TPSA) is 71.3 Å². The van der Waals surface area contributed by atoms with Crippen LogP contribution in [-0.4, -0.2) is 16.2 Å². The summed E-state index contributed by atoms with van der Waals surface area (Å²) in [5, 5.41) is 6.81. The number of urea groups is 1. The normalized spacial score (nSPS) is 16.1. The minimum atomic E-state index is -0.845. The van der Waals surface area contributed by atoms with Crippen LogP contribution < -0.4 is 10.2 Å². The van der Waals surface area contributed by atoms with Gasteiger partial charge in [-0.1, -0.05) is 47.6 Å². The summed E-state index contributed by atoms with van der Waals surface area (Å²) >= 11 is 0. The standard InChI is InChI=1S/C25H17F3N4O2/c1-14-21(24-30-23(31-34-24)15-6-3-2-4-7-15)22(16-8-5-9-17(26)10-16)29-25(33)32(14)20-12-18(27)11-19(28)13-20/h2-13,22H,1H3,(H,29,33). The third-order valence-electron chi connectivity index (χ3n) is 5.46. The van der Waals surface area contributed by atoms with E-state index in [9.17, 15) is 18.0 Å². The molecule has 5 rings (SSSR count). The zero-order valence-corrected chi connectivity index (χ0v) is 17.8. The van der Waals surface area contributed by atoms with Crippen LogP contribution >= 0.6 is 0 Å². The highest BCUT2D eigenvalue weighted by Crippen LogP contribution is 2.39. The molecule has 1 aliphatic heterocycles. The Labute approximate surface area is 192 Å². The van der Waals surface area contributed by atoms with E-state index in [0.717, 1.165) is 17.0 Å². The number of carbonyl (C=O) groups excluding carboxylic acids is 1. The van der Waals surface area contributed by atoms with Gasteiger partial charge in [-0.3, -0.25) is 4.90 Å². The molecule has 1 unspecified atom stereocenters. The highest BCUT2D eigenvalue weighted by Gasteiger charge is 2.37. The van der Waals surface area contributed by atoms with Gasteiger partial charge in [0.2, 0.25) is 5.82 Å². The molecule has 9 heteroatoms. The summed E-state index contributed by atoms with van der Waals surface area (Å²) in [5.41, 5.74) is 1.79. The summed E-state index contributed by atoms with van der Waals surface area (Å²) in [5.74, 6) is -1.78. The predicted octanol–water partition coefficient (Wildman–Crippen LogP) is 5.86. The second-order valence-electron chi connectivity index (χ2n) is 7.69. The molecule has 1 N–H and O–H groups in total. The molecule has 6 nitrogen and oxygen atoms in total. The number of halogens is 3. The number of carbonyl (C=O) groups is 1. The van der Waals surface area contributed by atoms with Gasteiger partial charge < -0.3 is 9.84 Å². The van der Waals surface area contributed by atoms with E-state index < -0.39 is 29.5 Å². The van der Waals surface area contributed by atoms with Gasteiger partial charge in [0.1, 0.15) is 17.5 Å². The van der Waals surface area contributed by atoms with Gasteiger partial charge in [0.15, 0.2) is 0 Å². The monoisotopic (exact) mass is 462 g/mol. The lowest BCUT2D eigenvalue weighted by Gasteiger charge is -2.35. The number of rotatable bonds is 4. The van der Waals surface area contributed by atoms with Crippen molar-refractivity contribution in [1.29, 1.82) is 0 Å². The fraction of sp³-hybridized carbons (Fsp3) is 0.0800. The Bertz CT molecular complexity index is 1400. The van der Waals surface area contributed by atoms with Crippen molar-refractivity contribution >= 4 is 17.3 Å². The molecule has 1 aromatic heterocycles. The first kappa shape index (κ1) is 21.4. The highest BCUT2D eigenvalue weighted by atomic mass is 19.1. The zero-order chi connectivity index (χ0) is 23.8. The first-order valence-corrected chi connectivity index (χ1v) is 10.3. The third-order valence-corrected chi connectivity index (χ3v) is 5.46. The van der Waals surface area contributed by atoms with Crippen LogP contribution in [-0.2, 0) is 0 Å². The van der Waals surface area contributed by atoms with Gasteiger partial charge >= 0.3 is 6.03 Å². The van der Waals surface area contributed by atoms with Crippen LogP contribution in [0.2, 0.25) is 0 Å². The summed E-state index contributed by atoms with van der Waals surface area (Å²) in [6.07, 6.45) is 0. The SMILES string of the molecule is CC1=C(c2nc(-c3ccccc3)no2)C(c2cccc(F)c2)NC(=O)N1c1cc(F)cc(F)c1. The number of aromatic nitrogens is 2. The second kappa shape index (κ2) is 8.51. The molecule has 0 radical (unpaired) electrons. The van der Waals surface area contributed by atoms with E-state index >= 15 is 0 Å². The Balaban J connectivity index is 1.68. The molecule has 0 saturated heterocycles. The molecular formula is C25H17F3N4O2. The predicted molar refractivity (Wildman–Crippen MR) is 119 cm³/mol. The van der Waals surface area contributed by atoms with Gasteiger partial charge in [0.25, 0.3) is 5.89 Å². The first-order chi connectivity index (χ1) is 16.4. The largest absolute Gasteiger partial charge is 0.334 e. The zero-order valence-electron chi connectivity index (χ0n) is 17.8. The number of benzene rings is 3. The van der Waals surface area contributed by atoms with Gasteiger partial charge in [-0.05, 0) is 36.8 Å². The number of amides is 2. The number of hydrogen-bond acceptors (Lipinski definition) is 4. The average molecular weight is 462 g/mol. The molecular weight excluding hydrogens is 445 g/mol. The Kier molecular flexibility index (Phi) is 5.37. The third kappa shape index (κ3) is 3.92. The van der Waals surface area contributed by atoms with Gasteiger partial charge in [-0.15, -0.1) is 0 Å². The molecule has 170 valence electrons. The van der Waals surface area contributed by atoms with Crippen molar-refractivity contribution in [3.05, 3.63) is 107 Å². The molecule has 0 bridgehead atoms. The Morgan fingerprint density at radius 1 is 0.912 bits per heavy atom. The summed E-state index contributed by atoms with van der Waals surface area (Å²) < 4.78 is 47.4. The van der Waals surface area contributed by atoms with E-state index in [1.165, 1.54) is 18.2 Å². The van der Waals surface area contributed by atoms with Crippen LogP contribution in [0.25, 0.3) is 17.0 Å². The second-order valence-corrected chi connectivity index (χ2v) is 7.69. The fourth-order valence-electron chi connectivity index (χ4n) is 3.97. The highest BCUT2D eigenvalue weighted by molar-refractivity contribution is 6.01. The molecule has 0 aliphatic carbocycles. The minimum Gasteiger partial charge on any atom is -0.334 e. The van der Waals surface area contributed by atoms with E-state index in [2.05, 4.69) is 15.5 Å². The maximum Gasteiger partial charge on any atom is 0.327 e. The van der Waals surface area contributed by atoms with Crippen LogP contribution in [0.5, 0.6) is 0 Å². The number of anilines is 1. The number of nitrogens with zero attached hydrogens (tertiary/aromatic N) is 3. The molecule has 2 amide bonds. The molecule has 0 spiro atoms. The van der Waals surface area contributed by atoms with Crippen LogP contribution in [0.4, 0.5) is 23.7 Å². The van der Waals surface area contributed by atoms with E-state index in [0.29, 0.717) is 34.3 Å². The Morgan fingerprint density at radius 3 is 2.35 bits per heavy atom. The number of hydrogen-bond donors (Lipinski definition) is 1. The summed E-state index contributed by atoms with van der Waals surface area (Å²) in [7, 11) is 0. The minimum absolute atomic E-state index is 0.0227. The lowest BCUT2D eigenvalue weighted by molar-refractivity contribution is 0.244. The summed E-state index contributed by atoms with van der Waals surface area (Å²) in [4.78, 5) is 18.7. The van der Waals surface area contributed by atoms with Gasteiger partial charge in [0.05, 0.1) is 17.3 Å². The fourth-order valence-corrected chi connectivity index (χ4v) is 3.97. The van der Waals surface area contributed by atoms with Gasteiger partial charge in [0, 0.05) is 17.3 Å². The molecule has 1 atom stereocenters. The summed E-state index contributed by atoms with van der Waals surface area (Å²) in [6.45, 7) is 1.59. The van der Waals surface area contributed by atoms with Crippen molar-refractivity contribution in [2.45, 2.75) is 13.0 Å². The van der Waals surface area contributed by atoms with E-state index in [1.54, 1.807) is 13.0 Å². The van der Waals surface area contributed by atoms with Crippen molar-refractivity contribution < 1.29 is 22.5 Å². The van der Waals surface area contributed by atoms with Crippen molar-refractivity contribution in [3.63, 3.8) is 0 Å². The van der Waals surface area contributed by atoms with Crippen LogP contribution in [0.1, 0.15) is 24.4 Å². The van der Waals surface area contributed by atoms with E-state index in [4.69, 9.17) is 4.52 Å². The molecule has 0 saturated carbocycles. The van der Waals surface area contributed by atoms with Crippen LogP contribution in [0, 0.1) is 17.5 Å². The van der Waals surface area contributed by atoms with Gasteiger partial charge in [-0.2, -0.15) is 4.98 Å². The smallest absolute Gasteiger partial charge is 0.327 e. The molecule has 0 fully saturated rings. The Hall–Kier alpha value is -4.40. The maximum atomic E-state index is 14.0. The average Bonchev–Trinajstić information content (AvgIpc) is 3.28. The van der Waals surface area contributed by atoms with Crippen LogP contribution in [0.3, 0.4) is 0 Å².